The van der Waals surface area contributed by atoms with Crippen molar-refractivity contribution >= 4 is 12.1 Å². The van der Waals surface area contributed by atoms with Crippen LogP contribution >= 0.6 is 0 Å². The Morgan fingerprint density at radius 2 is 1.89 bits per heavy atom. The molecule has 4 atom stereocenters. The molecule has 3 rings (SSSR count). The van der Waals surface area contributed by atoms with E-state index in [1.54, 1.807) is 11.9 Å². The van der Waals surface area contributed by atoms with Crippen LogP contribution in [0.4, 0.5) is 18.4 Å². The molecule has 0 aromatic heterocycles. The maximum absolute atomic E-state index is 14.8. The number of likely N-dealkylation sites (N-methyl/N-ethyl adjacent to an activating group) is 1. The van der Waals surface area contributed by atoms with E-state index < -0.39 is 36.0 Å². The fraction of sp³-hybridized carbons (Fsp3) is 0.692. The monoisotopic (exact) mass is 526 g/mol. The molecular formula is C26H40F2N4O5. The van der Waals surface area contributed by atoms with E-state index in [0.717, 1.165) is 31.7 Å². The maximum Gasteiger partial charge on any atom is 0.406 e. The first-order valence-electron chi connectivity index (χ1n) is 13.1. The second kappa shape index (κ2) is 14.4. The van der Waals surface area contributed by atoms with Crippen molar-refractivity contribution in [2.45, 2.75) is 56.8 Å². The van der Waals surface area contributed by atoms with Crippen molar-refractivity contribution in [2.24, 2.45) is 11.8 Å². The number of aliphatic hydroxyl groups excluding tert-OH is 1. The predicted octanol–water partition coefficient (Wildman–Crippen LogP) is 2.94. The first kappa shape index (κ1) is 29.1. The third-order valence-corrected chi connectivity index (χ3v) is 7.34. The molecule has 0 spiro atoms. The van der Waals surface area contributed by atoms with E-state index in [1.165, 1.54) is 19.2 Å². The molecule has 1 saturated carbocycles. The van der Waals surface area contributed by atoms with E-state index in [9.17, 15) is 23.5 Å². The van der Waals surface area contributed by atoms with Crippen LogP contribution in [0.2, 0.25) is 0 Å². The van der Waals surface area contributed by atoms with Gasteiger partial charge in [-0.25, -0.2) is 18.4 Å². The summed E-state index contributed by atoms with van der Waals surface area (Å²) < 4.78 is 39.3. The van der Waals surface area contributed by atoms with E-state index in [0.29, 0.717) is 25.9 Å². The Bertz CT molecular complexity index is 887. The summed E-state index contributed by atoms with van der Waals surface area (Å²) in [5, 5.41) is 19.5. The third kappa shape index (κ3) is 7.99. The van der Waals surface area contributed by atoms with Gasteiger partial charge in [-0.05, 0) is 44.7 Å². The van der Waals surface area contributed by atoms with Crippen LogP contribution in [0.25, 0.3) is 0 Å². The van der Waals surface area contributed by atoms with Gasteiger partial charge in [0.1, 0.15) is 0 Å². The van der Waals surface area contributed by atoms with Gasteiger partial charge < -0.3 is 35.4 Å². The maximum atomic E-state index is 14.8. The Balaban J connectivity index is 1.69. The van der Waals surface area contributed by atoms with Gasteiger partial charge >= 0.3 is 12.1 Å². The van der Waals surface area contributed by atoms with Crippen molar-refractivity contribution in [3.8, 4) is 0 Å². The molecule has 2 unspecified atom stereocenters. The largest absolute Gasteiger partial charge is 0.453 e. The van der Waals surface area contributed by atoms with Crippen LogP contribution in [0.15, 0.2) is 18.2 Å². The number of carbonyl (C=O) groups is 2. The number of halogens is 2. The Labute approximate surface area is 217 Å². The molecule has 0 bridgehead atoms. The number of benzene rings is 1. The molecule has 1 aromatic rings. The van der Waals surface area contributed by atoms with Gasteiger partial charge in [0.25, 0.3) is 0 Å². The molecule has 4 N–H and O–H groups in total. The van der Waals surface area contributed by atoms with Crippen molar-refractivity contribution in [1.29, 1.82) is 0 Å². The number of urea groups is 1. The lowest BCUT2D eigenvalue weighted by atomic mass is 9.88. The number of hydrogen-bond donors (Lipinski definition) is 4. The van der Waals surface area contributed by atoms with Gasteiger partial charge in [-0.15, -0.1) is 0 Å². The molecule has 37 heavy (non-hydrogen) atoms. The molecule has 9 nitrogen and oxygen atoms in total. The molecule has 1 saturated heterocycles. The van der Waals surface area contributed by atoms with Crippen molar-refractivity contribution in [2.75, 3.05) is 46.9 Å². The fourth-order valence-corrected chi connectivity index (χ4v) is 5.43. The number of aliphatic hydroxyl groups is 1. The minimum absolute atomic E-state index is 0.0518. The standard InChI is InChI=1S/C26H40F2N4O5/c1-29-15-21(23(33)17-7-3-4-8-17)31-25(34)32-13-6-9-18(16-32)24(37-14-12-30-26(35)36-2)19-10-5-11-20(27)22(19)28/h5,10-11,17-18,21,23-24,29,33H,3-4,6-9,12-16H2,1-2H3,(H,30,35)(H,31,34)/t18-,21?,23?,24-/m1/s1. The van der Waals surface area contributed by atoms with Crippen molar-refractivity contribution in [3.05, 3.63) is 35.4 Å². The summed E-state index contributed by atoms with van der Waals surface area (Å²) in [6, 6.07) is 3.23. The molecular weight excluding hydrogens is 486 g/mol. The van der Waals surface area contributed by atoms with Gasteiger partial charge in [-0.1, -0.05) is 25.0 Å². The van der Waals surface area contributed by atoms with Gasteiger partial charge in [0, 0.05) is 37.7 Å². The van der Waals surface area contributed by atoms with Gasteiger partial charge in [-0.3, -0.25) is 0 Å². The summed E-state index contributed by atoms with van der Waals surface area (Å²) >= 11 is 0. The van der Waals surface area contributed by atoms with Crippen LogP contribution in [-0.2, 0) is 9.47 Å². The Morgan fingerprint density at radius 3 is 2.59 bits per heavy atom. The smallest absolute Gasteiger partial charge is 0.406 e. The zero-order valence-electron chi connectivity index (χ0n) is 21.7. The van der Waals surface area contributed by atoms with Crippen LogP contribution in [0.5, 0.6) is 0 Å². The molecule has 1 aliphatic carbocycles. The third-order valence-electron chi connectivity index (χ3n) is 7.34. The summed E-state index contributed by atoms with van der Waals surface area (Å²) in [7, 11) is 3.03. The van der Waals surface area contributed by atoms with Gasteiger partial charge in [-0.2, -0.15) is 0 Å². The van der Waals surface area contributed by atoms with Crippen LogP contribution in [0.1, 0.15) is 50.2 Å². The Hall–Kier alpha value is -2.50. The predicted molar refractivity (Wildman–Crippen MR) is 134 cm³/mol. The highest BCUT2D eigenvalue weighted by atomic mass is 19.2. The molecule has 208 valence electrons. The highest BCUT2D eigenvalue weighted by Crippen LogP contribution is 2.35. The Morgan fingerprint density at radius 1 is 1.16 bits per heavy atom. The second-order valence-electron chi connectivity index (χ2n) is 9.85. The van der Waals surface area contributed by atoms with Crippen LogP contribution in [-0.4, -0.2) is 81.2 Å². The van der Waals surface area contributed by atoms with Crippen molar-refractivity contribution in [3.63, 3.8) is 0 Å². The average Bonchev–Trinajstić information content (AvgIpc) is 3.45. The first-order valence-corrected chi connectivity index (χ1v) is 13.1. The van der Waals surface area contributed by atoms with Crippen molar-refractivity contribution < 1.29 is 33.0 Å². The lowest BCUT2D eigenvalue weighted by Crippen LogP contribution is -2.56. The zero-order chi connectivity index (χ0) is 26.8. The quantitative estimate of drug-likeness (QED) is 0.330. The van der Waals surface area contributed by atoms with Gasteiger partial charge in [0.15, 0.2) is 11.6 Å². The highest BCUT2D eigenvalue weighted by Gasteiger charge is 2.35. The minimum Gasteiger partial charge on any atom is -0.453 e. The topological polar surface area (TPSA) is 112 Å². The number of piperidine rings is 1. The van der Waals surface area contributed by atoms with Gasteiger partial charge in [0.05, 0.1) is 32.0 Å². The lowest BCUT2D eigenvalue weighted by Gasteiger charge is -2.38. The van der Waals surface area contributed by atoms with Crippen LogP contribution in [0, 0.1) is 23.5 Å². The van der Waals surface area contributed by atoms with E-state index in [2.05, 4.69) is 20.7 Å². The van der Waals surface area contributed by atoms with Crippen LogP contribution in [0.3, 0.4) is 0 Å². The van der Waals surface area contributed by atoms with E-state index >= 15 is 0 Å². The molecule has 1 aliphatic heterocycles. The fourth-order valence-electron chi connectivity index (χ4n) is 5.43. The van der Waals surface area contributed by atoms with Crippen LogP contribution < -0.4 is 16.0 Å². The molecule has 2 fully saturated rings. The average molecular weight is 527 g/mol. The van der Waals surface area contributed by atoms with E-state index in [4.69, 9.17) is 4.74 Å². The highest BCUT2D eigenvalue weighted by molar-refractivity contribution is 5.74. The molecule has 3 amide bonds. The number of likely N-dealkylation sites (tertiary alicyclic amines) is 1. The first-order chi connectivity index (χ1) is 17.8. The minimum atomic E-state index is -0.983. The molecule has 1 heterocycles. The summed E-state index contributed by atoms with van der Waals surface area (Å²) in [4.78, 5) is 26.2. The van der Waals surface area contributed by atoms with Gasteiger partial charge in [0.2, 0.25) is 0 Å². The summed E-state index contributed by atoms with van der Waals surface area (Å²) in [5.74, 6) is -2.08. The van der Waals surface area contributed by atoms with E-state index in [1.807, 2.05) is 0 Å². The number of carbonyl (C=O) groups excluding carboxylic acids is 2. The van der Waals surface area contributed by atoms with Crippen molar-refractivity contribution in [1.82, 2.24) is 20.9 Å². The number of nitrogens with one attached hydrogen (secondary N) is 3. The molecule has 11 heteroatoms. The summed E-state index contributed by atoms with van der Waals surface area (Å²) in [5.41, 5.74) is 0.0787. The molecule has 1 aromatic carbocycles. The zero-order valence-corrected chi connectivity index (χ0v) is 21.7. The number of hydrogen-bond acceptors (Lipinski definition) is 6. The number of rotatable bonds is 11. The number of nitrogens with zero attached hydrogens (tertiary/aromatic N) is 1. The number of amides is 3. The number of methoxy groups -OCH3 is 1. The summed E-state index contributed by atoms with van der Waals surface area (Å²) in [6.45, 7) is 1.41. The SMILES string of the molecule is CNCC(NC(=O)N1CCC[C@@H]([C@@H](OCCNC(=O)OC)c2cccc(F)c2F)C1)C(O)C1CCCC1. The normalized spacial score (nSPS) is 20.8. The molecule has 0 radical (unpaired) electrons. The van der Waals surface area contributed by atoms with E-state index in [-0.39, 0.29) is 43.1 Å². The number of ether oxygens (including phenoxy) is 2. The summed E-state index contributed by atoms with van der Waals surface area (Å²) in [6.07, 6.45) is 3.32. The number of alkyl carbamates (subject to hydrolysis) is 1. The Kier molecular flexibility index (Phi) is 11.3. The second-order valence-corrected chi connectivity index (χ2v) is 9.85. The molecule has 2 aliphatic rings. The lowest BCUT2D eigenvalue weighted by molar-refractivity contribution is -0.0114.